The molecule has 134 valence electrons. The number of carbonyl (C=O) groups is 2. The Hall–Kier alpha value is -2.90. The van der Waals surface area contributed by atoms with Crippen LogP contribution in [0.5, 0.6) is 0 Å². The van der Waals surface area contributed by atoms with Gasteiger partial charge in [-0.25, -0.2) is 4.79 Å². The van der Waals surface area contributed by atoms with Crippen molar-refractivity contribution >= 4 is 22.8 Å². The van der Waals surface area contributed by atoms with Gasteiger partial charge in [0.25, 0.3) is 11.5 Å². The zero-order valence-corrected chi connectivity index (χ0v) is 14.2. The molecule has 8 heteroatoms. The summed E-state index contributed by atoms with van der Waals surface area (Å²) in [5.41, 5.74) is -0.429. The van der Waals surface area contributed by atoms with Crippen LogP contribution in [0, 0.1) is 5.92 Å². The van der Waals surface area contributed by atoms with Crippen LogP contribution in [0.25, 0.3) is 10.9 Å². The fourth-order valence-electron chi connectivity index (χ4n) is 2.66. The first-order valence-electron chi connectivity index (χ1n) is 8.16. The highest BCUT2D eigenvalue weighted by molar-refractivity contribution is 5.97. The zero-order chi connectivity index (χ0) is 18.6. The normalized spacial score (nSPS) is 12.1. The zero-order valence-electron chi connectivity index (χ0n) is 14.2. The Morgan fingerprint density at radius 1 is 1.28 bits per heavy atom. The number of benzene rings is 1. The molecule has 2 rings (SSSR count). The van der Waals surface area contributed by atoms with Gasteiger partial charge in [0, 0.05) is 18.7 Å². The molecule has 0 radical (unpaired) electrons. The molecule has 0 bridgehead atoms. The number of hydrogen-bond donors (Lipinski definition) is 3. The maximum atomic E-state index is 12.2. The van der Waals surface area contributed by atoms with E-state index in [0.717, 1.165) is 4.57 Å². The molecule has 1 heterocycles. The minimum absolute atomic E-state index is 0.0218. The highest BCUT2D eigenvalue weighted by atomic mass is 16.4. The van der Waals surface area contributed by atoms with E-state index in [9.17, 15) is 19.2 Å². The number of nitrogens with zero attached hydrogens (tertiary/aromatic N) is 1. The second-order valence-corrected chi connectivity index (χ2v) is 5.77. The molecule has 3 N–H and O–H groups in total. The van der Waals surface area contributed by atoms with Gasteiger partial charge in [-0.05, 0) is 31.5 Å². The average molecular weight is 347 g/mol. The number of aromatic amines is 1. The third kappa shape index (κ3) is 3.96. The van der Waals surface area contributed by atoms with E-state index in [-0.39, 0.29) is 24.2 Å². The van der Waals surface area contributed by atoms with E-state index in [2.05, 4.69) is 10.3 Å². The lowest BCUT2D eigenvalue weighted by Crippen LogP contribution is -2.35. The summed E-state index contributed by atoms with van der Waals surface area (Å²) in [6.45, 7) is 3.84. The van der Waals surface area contributed by atoms with E-state index in [1.54, 1.807) is 6.92 Å². The molecule has 1 unspecified atom stereocenters. The molecule has 1 amide bonds. The molecule has 1 aromatic heterocycles. The number of hydrogen-bond acceptors (Lipinski definition) is 4. The van der Waals surface area contributed by atoms with E-state index in [4.69, 9.17) is 5.11 Å². The summed E-state index contributed by atoms with van der Waals surface area (Å²) < 4.78 is 1.07. The summed E-state index contributed by atoms with van der Waals surface area (Å²) in [6.07, 6.45) is 1.17. The maximum Gasteiger partial charge on any atom is 0.328 e. The molecule has 0 saturated carbocycles. The third-order valence-corrected chi connectivity index (χ3v) is 4.06. The van der Waals surface area contributed by atoms with Crippen molar-refractivity contribution in [1.82, 2.24) is 14.9 Å². The average Bonchev–Trinajstić information content (AvgIpc) is 2.57. The van der Waals surface area contributed by atoms with Crippen molar-refractivity contribution in [3.63, 3.8) is 0 Å². The maximum absolute atomic E-state index is 12.2. The minimum atomic E-state index is -0.954. The summed E-state index contributed by atoms with van der Waals surface area (Å²) in [6, 6.07) is 4.38. The number of aliphatic carboxylic acids is 1. The van der Waals surface area contributed by atoms with Gasteiger partial charge in [-0.15, -0.1) is 0 Å². The molecule has 0 spiro atoms. The Morgan fingerprint density at radius 2 is 2.00 bits per heavy atom. The van der Waals surface area contributed by atoms with Gasteiger partial charge in [-0.2, -0.15) is 0 Å². The summed E-state index contributed by atoms with van der Waals surface area (Å²) in [7, 11) is 0. The smallest absolute Gasteiger partial charge is 0.328 e. The van der Waals surface area contributed by atoms with E-state index in [1.807, 2.05) is 6.92 Å². The Kier molecular flexibility index (Phi) is 5.74. The van der Waals surface area contributed by atoms with E-state index in [0.29, 0.717) is 18.2 Å². The van der Waals surface area contributed by atoms with Gasteiger partial charge >= 0.3 is 11.7 Å². The summed E-state index contributed by atoms with van der Waals surface area (Å²) in [5, 5.41) is 12.0. The SMILES string of the molecule is CCCC(CNC(=O)c1ccc2c(=O)n(CC)c(=O)[nH]c2c1)C(=O)O. The van der Waals surface area contributed by atoms with Crippen LogP contribution in [-0.4, -0.2) is 33.1 Å². The van der Waals surface area contributed by atoms with Gasteiger partial charge < -0.3 is 15.4 Å². The highest BCUT2D eigenvalue weighted by Gasteiger charge is 2.18. The van der Waals surface area contributed by atoms with Crippen molar-refractivity contribution in [2.75, 3.05) is 6.54 Å². The Labute approximate surface area is 143 Å². The van der Waals surface area contributed by atoms with Crippen LogP contribution < -0.4 is 16.6 Å². The molecule has 0 aliphatic heterocycles. The van der Waals surface area contributed by atoms with Crippen molar-refractivity contribution in [2.24, 2.45) is 5.92 Å². The van der Waals surface area contributed by atoms with Crippen molar-refractivity contribution < 1.29 is 14.7 Å². The number of rotatable bonds is 7. The molecule has 0 saturated heterocycles. The van der Waals surface area contributed by atoms with Crippen molar-refractivity contribution in [1.29, 1.82) is 0 Å². The largest absolute Gasteiger partial charge is 0.481 e. The molecule has 2 aromatic rings. The second-order valence-electron chi connectivity index (χ2n) is 5.77. The second kappa shape index (κ2) is 7.78. The quantitative estimate of drug-likeness (QED) is 0.688. The molecule has 25 heavy (non-hydrogen) atoms. The van der Waals surface area contributed by atoms with E-state index < -0.39 is 29.0 Å². The summed E-state index contributed by atoms with van der Waals surface area (Å²) in [4.78, 5) is 50.0. The molecular weight excluding hydrogens is 326 g/mol. The predicted octanol–water partition coefficient (Wildman–Crippen LogP) is 0.940. The number of fused-ring (bicyclic) bond motifs is 1. The van der Waals surface area contributed by atoms with Crippen LogP contribution in [0.3, 0.4) is 0 Å². The lowest BCUT2D eigenvalue weighted by Gasteiger charge is -2.12. The van der Waals surface area contributed by atoms with E-state index >= 15 is 0 Å². The molecule has 0 aliphatic carbocycles. The molecule has 8 nitrogen and oxygen atoms in total. The molecule has 0 fully saturated rings. The lowest BCUT2D eigenvalue weighted by atomic mass is 10.0. The fraction of sp³-hybridized carbons (Fsp3) is 0.412. The monoisotopic (exact) mass is 347 g/mol. The molecular formula is C17H21N3O5. The number of nitrogens with one attached hydrogen (secondary N) is 2. The lowest BCUT2D eigenvalue weighted by molar-refractivity contribution is -0.141. The Bertz CT molecular complexity index is 913. The van der Waals surface area contributed by atoms with Crippen LogP contribution in [0.1, 0.15) is 37.0 Å². The Balaban J connectivity index is 2.26. The van der Waals surface area contributed by atoms with Gasteiger partial charge in [0.15, 0.2) is 0 Å². The first-order chi connectivity index (χ1) is 11.9. The van der Waals surface area contributed by atoms with Crippen LogP contribution in [0.2, 0.25) is 0 Å². The predicted molar refractivity (Wildman–Crippen MR) is 92.9 cm³/mol. The van der Waals surface area contributed by atoms with Crippen molar-refractivity contribution in [3.05, 3.63) is 44.6 Å². The first kappa shape index (κ1) is 18.4. The third-order valence-electron chi connectivity index (χ3n) is 4.06. The minimum Gasteiger partial charge on any atom is -0.481 e. The van der Waals surface area contributed by atoms with Crippen LogP contribution in [-0.2, 0) is 11.3 Å². The first-order valence-corrected chi connectivity index (χ1v) is 8.16. The number of carboxylic acids is 1. The highest BCUT2D eigenvalue weighted by Crippen LogP contribution is 2.10. The van der Waals surface area contributed by atoms with Gasteiger partial charge in [0.1, 0.15) is 0 Å². The van der Waals surface area contributed by atoms with Gasteiger partial charge in [-0.1, -0.05) is 13.3 Å². The number of amides is 1. The standard InChI is InChI=1S/C17H21N3O5/c1-3-5-11(16(23)24)9-18-14(21)10-6-7-12-13(8-10)19-17(25)20(4-2)15(12)22/h6-8,11H,3-5,9H2,1-2H3,(H,18,21)(H,19,25)(H,23,24). The van der Waals surface area contributed by atoms with Gasteiger partial charge in [-0.3, -0.25) is 19.0 Å². The molecule has 1 atom stereocenters. The summed E-state index contributed by atoms with van der Waals surface area (Å²) >= 11 is 0. The van der Waals surface area contributed by atoms with Gasteiger partial charge in [0.2, 0.25) is 0 Å². The Morgan fingerprint density at radius 3 is 2.60 bits per heavy atom. The van der Waals surface area contributed by atoms with Crippen LogP contribution in [0.15, 0.2) is 27.8 Å². The topological polar surface area (TPSA) is 121 Å². The van der Waals surface area contributed by atoms with Crippen LogP contribution >= 0.6 is 0 Å². The number of H-pyrrole nitrogens is 1. The molecule has 1 aromatic carbocycles. The van der Waals surface area contributed by atoms with E-state index in [1.165, 1.54) is 18.2 Å². The van der Waals surface area contributed by atoms with Crippen molar-refractivity contribution in [3.8, 4) is 0 Å². The number of carbonyl (C=O) groups excluding carboxylic acids is 1. The summed E-state index contributed by atoms with van der Waals surface area (Å²) in [5.74, 6) is -2.05. The van der Waals surface area contributed by atoms with Crippen molar-refractivity contribution in [2.45, 2.75) is 33.2 Å². The van der Waals surface area contributed by atoms with Crippen LogP contribution in [0.4, 0.5) is 0 Å². The number of aromatic nitrogens is 2. The fourth-order valence-corrected chi connectivity index (χ4v) is 2.66. The molecule has 0 aliphatic rings. The number of carboxylic acid groups (broad SMARTS) is 1. The van der Waals surface area contributed by atoms with Gasteiger partial charge in [0.05, 0.1) is 16.8 Å².